The van der Waals surface area contributed by atoms with Gasteiger partial charge in [-0.2, -0.15) is 0 Å². The Balaban J connectivity index is 3.38. The van der Waals surface area contributed by atoms with Crippen LogP contribution in [0, 0.1) is 0 Å². The summed E-state index contributed by atoms with van der Waals surface area (Å²) in [6, 6.07) is 0.538. The molecule has 0 aliphatic rings. The average molecular weight is 217 g/mol. The van der Waals surface area contributed by atoms with Crippen LogP contribution >= 0.6 is 0 Å². The normalized spacial score (nSPS) is 13.0. The fraction of sp³-hybridized carbons (Fsp3) is 1.00. The zero-order chi connectivity index (χ0) is 11.4. The summed E-state index contributed by atoms with van der Waals surface area (Å²) in [6.07, 6.45) is 4.53. The molecule has 0 amide bonds. The van der Waals surface area contributed by atoms with Crippen molar-refractivity contribution in [2.24, 2.45) is 0 Å². The van der Waals surface area contributed by atoms with Gasteiger partial charge in [-0.1, -0.05) is 20.3 Å². The lowest BCUT2D eigenvalue weighted by atomic mass is 10.1. The molecule has 1 unspecified atom stereocenters. The van der Waals surface area contributed by atoms with E-state index in [1.54, 1.807) is 7.11 Å². The van der Waals surface area contributed by atoms with Crippen molar-refractivity contribution in [2.75, 3.05) is 33.5 Å². The van der Waals surface area contributed by atoms with Crippen LogP contribution < -0.4 is 5.32 Å². The van der Waals surface area contributed by atoms with Crippen molar-refractivity contribution >= 4 is 0 Å². The fourth-order valence-electron chi connectivity index (χ4n) is 1.47. The molecule has 0 rings (SSSR count). The van der Waals surface area contributed by atoms with Crippen molar-refractivity contribution in [3.05, 3.63) is 0 Å². The highest BCUT2D eigenvalue weighted by Gasteiger charge is 2.06. The number of methoxy groups -OCH3 is 1. The van der Waals surface area contributed by atoms with E-state index in [1.165, 1.54) is 12.8 Å². The van der Waals surface area contributed by atoms with Crippen LogP contribution in [0.1, 0.15) is 39.5 Å². The molecule has 0 bridgehead atoms. The molecule has 0 aliphatic carbocycles. The van der Waals surface area contributed by atoms with Gasteiger partial charge >= 0.3 is 0 Å². The molecule has 3 heteroatoms. The lowest BCUT2D eigenvalue weighted by Gasteiger charge is -2.17. The van der Waals surface area contributed by atoms with Crippen LogP contribution in [0.5, 0.6) is 0 Å². The van der Waals surface area contributed by atoms with Gasteiger partial charge in [0.25, 0.3) is 0 Å². The first-order chi connectivity index (χ1) is 7.35. The molecule has 92 valence electrons. The monoisotopic (exact) mass is 217 g/mol. The second-order valence-electron chi connectivity index (χ2n) is 3.79. The van der Waals surface area contributed by atoms with E-state index >= 15 is 0 Å². The minimum atomic E-state index is 0.538. The highest BCUT2D eigenvalue weighted by Crippen LogP contribution is 2.00. The van der Waals surface area contributed by atoms with Gasteiger partial charge in [-0.25, -0.2) is 0 Å². The molecule has 0 aliphatic heterocycles. The van der Waals surface area contributed by atoms with Gasteiger partial charge in [0.05, 0.1) is 0 Å². The molecule has 0 saturated carbocycles. The number of rotatable bonds is 11. The topological polar surface area (TPSA) is 30.5 Å². The van der Waals surface area contributed by atoms with Crippen LogP contribution in [0.3, 0.4) is 0 Å². The third-order valence-electron chi connectivity index (χ3n) is 2.42. The number of hydrogen-bond donors (Lipinski definition) is 1. The SMILES string of the molecule is CCCCOCCC(CCOC)NCC. The Kier molecular flexibility index (Phi) is 11.9. The van der Waals surface area contributed by atoms with E-state index in [0.717, 1.165) is 39.2 Å². The molecular formula is C12H27NO2. The number of hydrogen-bond acceptors (Lipinski definition) is 3. The predicted molar refractivity (Wildman–Crippen MR) is 64.3 cm³/mol. The third kappa shape index (κ3) is 10.2. The summed E-state index contributed by atoms with van der Waals surface area (Å²) in [4.78, 5) is 0. The van der Waals surface area contributed by atoms with Gasteiger partial charge in [0.2, 0.25) is 0 Å². The minimum Gasteiger partial charge on any atom is -0.385 e. The first-order valence-electron chi connectivity index (χ1n) is 6.15. The van der Waals surface area contributed by atoms with Crippen LogP contribution in [0.25, 0.3) is 0 Å². The molecule has 1 atom stereocenters. The third-order valence-corrected chi connectivity index (χ3v) is 2.42. The van der Waals surface area contributed by atoms with E-state index in [0.29, 0.717) is 6.04 Å². The van der Waals surface area contributed by atoms with Gasteiger partial charge in [0.1, 0.15) is 0 Å². The van der Waals surface area contributed by atoms with E-state index in [-0.39, 0.29) is 0 Å². The van der Waals surface area contributed by atoms with Gasteiger partial charge in [0.15, 0.2) is 0 Å². The van der Waals surface area contributed by atoms with Gasteiger partial charge in [-0.05, 0) is 25.8 Å². The van der Waals surface area contributed by atoms with Crippen LogP contribution in [-0.2, 0) is 9.47 Å². The molecule has 0 heterocycles. The number of nitrogens with one attached hydrogen (secondary N) is 1. The summed E-state index contributed by atoms with van der Waals surface area (Å²) in [6.45, 7) is 7.93. The van der Waals surface area contributed by atoms with Crippen molar-refractivity contribution in [3.8, 4) is 0 Å². The maximum absolute atomic E-state index is 5.55. The van der Waals surface area contributed by atoms with Crippen LogP contribution in [0.2, 0.25) is 0 Å². The van der Waals surface area contributed by atoms with Crippen molar-refractivity contribution in [1.82, 2.24) is 5.32 Å². The number of ether oxygens (including phenoxy) is 2. The van der Waals surface area contributed by atoms with Gasteiger partial charge in [-0.15, -0.1) is 0 Å². The van der Waals surface area contributed by atoms with Crippen LogP contribution in [0.15, 0.2) is 0 Å². The molecule has 0 spiro atoms. The molecule has 15 heavy (non-hydrogen) atoms. The molecule has 0 saturated heterocycles. The van der Waals surface area contributed by atoms with Crippen molar-refractivity contribution in [1.29, 1.82) is 0 Å². The second kappa shape index (κ2) is 12.0. The Morgan fingerprint density at radius 3 is 2.40 bits per heavy atom. The Morgan fingerprint density at radius 1 is 1.07 bits per heavy atom. The molecule has 0 aromatic heterocycles. The van der Waals surface area contributed by atoms with Crippen LogP contribution in [-0.4, -0.2) is 39.5 Å². The smallest absolute Gasteiger partial charge is 0.0480 e. The zero-order valence-electron chi connectivity index (χ0n) is 10.6. The van der Waals surface area contributed by atoms with Crippen molar-refractivity contribution in [3.63, 3.8) is 0 Å². The van der Waals surface area contributed by atoms with E-state index < -0.39 is 0 Å². The maximum Gasteiger partial charge on any atom is 0.0480 e. The molecular weight excluding hydrogens is 190 g/mol. The molecule has 0 aromatic rings. The summed E-state index contributed by atoms with van der Waals surface area (Å²) in [5, 5.41) is 3.45. The summed E-state index contributed by atoms with van der Waals surface area (Å²) >= 11 is 0. The Bertz CT molecular complexity index is 120. The lowest BCUT2D eigenvalue weighted by molar-refractivity contribution is 0.114. The van der Waals surface area contributed by atoms with Crippen molar-refractivity contribution < 1.29 is 9.47 Å². The standard InChI is InChI=1S/C12H27NO2/c1-4-6-9-15-11-8-12(13-5-2)7-10-14-3/h12-13H,4-11H2,1-3H3. The molecule has 1 N–H and O–H groups in total. The molecule has 0 radical (unpaired) electrons. The summed E-state index contributed by atoms with van der Waals surface area (Å²) in [5.41, 5.74) is 0. The summed E-state index contributed by atoms with van der Waals surface area (Å²) in [7, 11) is 1.75. The predicted octanol–water partition coefficient (Wildman–Crippen LogP) is 2.21. The van der Waals surface area contributed by atoms with Crippen molar-refractivity contribution in [2.45, 2.75) is 45.6 Å². The molecule has 0 aromatic carbocycles. The molecule has 0 fully saturated rings. The Labute approximate surface area is 94.5 Å². The molecule has 3 nitrogen and oxygen atoms in total. The van der Waals surface area contributed by atoms with E-state index in [1.807, 2.05) is 0 Å². The van der Waals surface area contributed by atoms with E-state index in [9.17, 15) is 0 Å². The Hall–Kier alpha value is -0.120. The lowest BCUT2D eigenvalue weighted by Crippen LogP contribution is -2.31. The fourth-order valence-corrected chi connectivity index (χ4v) is 1.47. The average Bonchev–Trinajstić information content (AvgIpc) is 2.25. The maximum atomic E-state index is 5.55. The Morgan fingerprint density at radius 2 is 1.80 bits per heavy atom. The minimum absolute atomic E-state index is 0.538. The highest BCUT2D eigenvalue weighted by atomic mass is 16.5. The van der Waals surface area contributed by atoms with Gasteiger partial charge in [-0.3, -0.25) is 0 Å². The highest BCUT2D eigenvalue weighted by molar-refractivity contribution is 4.65. The van der Waals surface area contributed by atoms with E-state index in [4.69, 9.17) is 9.47 Å². The van der Waals surface area contributed by atoms with E-state index in [2.05, 4.69) is 19.2 Å². The zero-order valence-corrected chi connectivity index (χ0v) is 10.6. The van der Waals surface area contributed by atoms with Gasteiger partial charge < -0.3 is 14.8 Å². The second-order valence-corrected chi connectivity index (χ2v) is 3.79. The van der Waals surface area contributed by atoms with Gasteiger partial charge in [0, 0.05) is 33.0 Å². The summed E-state index contributed by atoms with van der Waals surface area (Å²) < 4.78 is 10.6. The van der Waals surface area contributed by atoms with Crippen LogP contribution in [0.4, 0.5) is 0 Å². The first kappa shape index (κ1) is 14.9. The largest absolute Gasteiger partial charge is 0.385 e. The number of unbranched alkanes of at least 4 members (excludes halogenated alkanes) is 1. The first-order valence-corrected chi connectivity index (χ1v) is 6.15. The summed E-state index contributed by atoms with van der Waals surface area (Å²) in [5.74, 6) is 0. The quantitative estimate of drug-likeness (QED) is 0.538.